The van der Waals surface area contributed by atoms with Gasteiger partial charge in [-0.1, -0.05) is 18.2 Å². The molecular formula is C21H19N3O6. The van der Waals surface area contributed by atoms with E-state index in [2.05, 4.69) is 15.3 Å². The summed E-state index contributed by atoms with van der Waals surface area (Å²) in [6, 6.07) is 12.1. The van der Waals surface area contributed by atoms with E-state index in [0.717, 1.165) is 5.39 Å². The third-order valence-corrected chi connectivity index (χ3v) is 4.61. The summed E-state index contributed by atoms with van der Waals surface area (Å²) >= 11 is 0. The lowest BCUT2D eigenvalue weighted by atomic mass is 10.1. The molecule has 4 aromatic rings. The molecule has 0 saturated carbocycles. The van der Waals surface area contributed by atoms with Crippen molar-refractivity contribution in [1.29, 1.82) is 0 Å². The molecule has 0 aliphatic rings. The Labute approximate surface area is 170 Å². The summed E-state index contributed by atoms with van der Waals surface area (Å²) in [5, 5.41) is 3.41. The number of fused-ring (bicyclic) bond motifs is 2. The Balaban J connectivity index is 1.49. The number of hydrogen-bond donors (Lipinski definition) is 3. The van der Waals surface area contributed by atoms with Gasteiger partial charge in [-0.3, -0.25) is 4.79 Å². The average Bonchev–Trinajstić information content (AvgIpc) is 3.27. The molecule has 9 nitrogen and oxygen atoms in total. The molecule has 154 valence electrons. The van der Waals surface area contributed by atoms with Crippen molar-refractivity contribution in [3.63, 3.8) is 0 Å². The van der Waals surface area contributed by atoms with Crippen molar-refractivity contribution < 1.29 is 23.5 Å². The van der Waals surface area contributed by atoms with E-state index >= 15 is 0 Å². The number of nitrogens with one attached hydrogen (secondary N) is 3. The van der Waals surface area contributed by atoms with E-state index in [1.807, 2.05) is 12.1 Å². The predicted octanol–water partition coefficient (Wildman–Crippen LogP) is 2.93. The maximum absolute atomic E-state index is 12.7. The van der Waals surface area contributed by atoms with Gasteiger partial charge in [0.2, 0.25) is 5.76 Å². The van der Waals surface area contributed by atoms with Gasteiger partial charge in [0.05, 0.1) is 17.6 Å². The molecule has 0 fully saturated rings. The fourth-order valence-corrected chi connectivity index (χ4v) is 3.17. The molecule has 0 radical (unpaired) electrons. The number of para-hydroxylation sites is 1. The van der Waals surface area contributed by atoms with Gasteiger partial charge < -0.3 is 29.2 Å². The number of carbonyl (C=O) groups is 2. The van der Waals surface area contributed by atoms with E-state index in [1.54, 1.807) is 30.3 Å². The normalized spacial score (nSPS) is 12.2. The van der Waals surface area contributed by atoms with Gasteiger partial charge >= 0.3 is 11.7 Å². The van der Waals surface area contributed by atoms with E-state index in [9.17, 15) is 14.4 Å². The van der Waals surface area contributed by atoms with Crippen molar-refractivity contribution in [2.45, 2.75) is 19.6 Å². The maximum Gasteiger partial charge on any atom is 0.375 e. The molecule has 0 saturated heterocycles. The van der Waals surface area contributed by atoms with Gasteiger partial charge in [-0.25, -0.2) is 9.59 Å². The summed E-state index contributed by atoms with van der Waals surface area (Å²) in [4.78, 5) is 41.7. The first-order chi connectivity index (χ1) is 14.5. The zero-order valence-electron chi connectivity index (χ0n) is 16.3. The second kappa shape index (κ2) is 7.88. The van der Waals surface area contributed by atoms with Crippen LogP contribution in [0.15, 0.2) is 51.7 Å². The highest BCUT2D eigenvalue weighted by molar-refractivity contribution is 6.00. The molecule has 0 unspecified atom stereocenters. The number of aromatic nitrogens is 2. The molecule has 2 aromatic heterocycles. The molecule has 2 aromatic carbocycles. The van der Waals surface area contributed by atoms with Crippen LogP contribution in [0.25, 0.3) is 22.0 Å². The second-order valence-electron chi connectivity index (χ2n) is 6.72. The number of aromatic amines is 2. The smallest absolute Gasteiger partial charge is 0.375 e. The van der Waals surface area contributed by atoms with Gasteiger partial charge in [-0.2, -0.15) is 0 Å². The standard InChI is InChI=1S/C21H19N3O6/c1-11(19(25)22-12-7-8-15-16(9-12)24-21(27)23-15)29-20(26)18-14(10-28-2)13-5-3-4-6-17(13)30-18/h3-9,11H,10H2,1-2H3,(H,22,25)(H2,23,24,27)/t11-/m0/s1. The van der Waals surface area contributed by atoms with E-state index in [0.29, 0.717) is 27.9 Å². The quantitative estimate of drug-likeness (QED) is 0.420. The molecule has 1 atom stereocenters. The maximum atomic E-state index is 12.7. The molecular weight excluding hydrogens is 390 g/mol. The first kappa shape index (κ1) is 19.5. The Morgan fingerprint density at radius 2 is 1.90 bits per heavy atom. The number of esters is 1. The number of furan rings is 1. The van der Waals surface area contributed by atoms with Gasteiger partial charge in [0.15, 0.2) is 6.10 Å². The molecule has 30 heavy (non-hydrogen) atoms. The third-order valence-electron chi connectivity index (χ3n) is 4.61. The van der Waals surface area contributed by atoms with Crippen molar-refractivity contribution in [2.24, 2.45) is 0 Å². The molecule has 0 aliphatic carbocycles. The van der Waals surface area contributed by atoms with Crippen LogP contribution < -0.4 is 11.0 Å². The minimum Gasteiger partial charge on any atom is -0.449 e. The lowest BCUT2D eigenvalue weighted by Crippen LogP contribution is -2.30. The Morgan fingerprint density at radius 1 is 1.13 bits per heavy atom. The Bertz CT molecular complexity index is 1300. The topological polar surface area (TPSA) is 126 Å². The van der Waals surface area contributed by atoms with Crippen LogP contribution in [0.3, 0.4) is 0 Å². The van der Waals surface area contributed by atoms with Crippen LogP contribution in [-0.2, 0) is 20.9 Å². The molecule has 1 amide bonds. The van der Waals surface area contributed by atoms with Crippen LogP contribution in [0.1, 0.15) is 23.0 Å². The molecule has 0 spiro atoms. The molecule has 9 heteroatoms. The minimum absolute atomic E-state index is 0.00372. The number of methoxy groups -OCH3 is 1. The first-order valence-electron chi connectivity index (χ1n) is 9.19. The van der Waals surface area contributed by atoms with Crippen LogP contribution in [0.2, 0.25) is 0 Å². The number of amides is 1. The third kappa shape index (κ3) is 3.70. The van der Waals surface area contributed by atoms with Crippen molar-refractivity contribution in [1.82, 2.24) is 9.97 Å². The zero-order valence-corrected chi connectivity index (χ0v) is 16.3. The number of hydrogen-bond acceptors (Lipinski definition) is 6. The van der Waals surface area contributed by atoms with Crippen molar-refractivity contribution in [2.75, 3.05) is 12.4 Å². The minimum atomic E-state index is -1.08. The van der Waals surface area contributed by atoms with Crippen LogP contribution in [0.4, 0.5) is 5.69 Å². The Hall–Kier alpha value is -3.85. The first-order valence-corrected chi connectivity index (χ1v) is 9.19. The van der Waals surface area contributed by atoms with Crippen LogP contribution in [-0.4, -0.2) is 35.1 Å². The number of rotatable bonds is 6. The number of benzene rings is 2. The molecule has 2 heterocycles. The summed E-state index contributed by atoms with van der Waals surface area (Å²) in [6.45, 7) is 1.62. The van der Waals surface area contributed by atoms with Gasteiger partial charge in [0, 0.05) is 23.7 Å². The van der Waals surface area contributed by atoms with Gasteiger partial charge in [0.1, 0.15) is 5.58 Å². The van der Waals surface area contributed by atoms with E-state index in [4.69, 9.17) is 13.9 Å². The largest absolute Gasteiger partial charge is 0.449 e. The summed E-state index contributed by atoms with van der Waals surface area (Å²) in [5.74, 6) is -1.28. The van der Waals surface area contributed by atoms with E-state index in [1.165, 1.54) is 14.0 Å². The van der Waals surface area contributed by atoms with E-state index in [-0.39, 0.29) is 18.1 Å². The second-order valence-corrected chi connectivity index (χ2v) is 6.72. The highest BCUT2D eigenvalue weighted by Gasteiger charge is 2.26. The summed E-state index contributed by atoms with van der Waals surface area (Å²) in [7, 11) is 1.52. The van der Waals surface area contributed by atoms with Gasteiger partial charge in [-0.15, -0.1) is 0 Å². The predicted molar refractivity (Wildman–Crippen MR) is 109 cm³/mol. The number of carbonyl (C=O) groups excluding carboxylic acids is 2. The SMILES string of the molecule is COCc1c(C(=O)O[C@@H](C)C(=O)Nc2ccc3[nH]c(=O)[nH]c3c2)oc2ccccc12. The highest BCUT2D eigenvalue weighted by atomic mass is 16.6. The average molecular weight is 409 g/mol. The Kier molecular flexibility index (Phi) is 5.11. The lowest BCUT2D eigenvalue weighted by Gasteiger charge is -2.13. The fraction of sp³-hybridized carbons (Fsp3) is 0.190. The number of anilines is 1. The molecule has 3 N–H and O–H groups in total. The summed E-state index contributed by atoms with van der Waals surface area (Å²) in [6.07, 6.45) is -1.08. The van der Waals surface area contributed by atoms with Gasteiger partial charge in [0.25, 0.3) is 5.91 Å². The number of H-pyrrole nitrogens is 2. The summed E-state index contributed by atoms with van der Waals surface area (Å²) in [5.41, 5.74) is 2.37. The van der Waals surface area contributed by atoms with Crippen molar-refractivity contribution in [3.05, 3.63) is 64.3 Å². The fourth-order valence-electron chi connectivity index (χ4n) is 3.17. The number of imidazole rings is 1. The number of ether oxygens (including phenoxy) is 2. The van der Waals surface area contributed by atoms with Crippen molar-refractivity contribution in [3.8, 4) is 0 Å². The highest BCUT2D eigenvalue weighted by Crippen LogP contribution is 2.27. The Morgan fingerprint density at radius 3 is 2.70 bits per heavy atom. The monoisotopic (exact) mass is 409 g/mol. The van der Waals surface area contributed by atoms with Crippen LogP contribution >= 0.6 is 0 Å². The summed E-state index contributed by atoms with van der Waals surface area (Å²) < 4.78 is 16.1. The lowest BCUT2D eigenvalue weighted by molar-refractivity contribution is -0.123. The molecule has 4 rings (SSSR count). The van der Waals surface area contributed by atoms with Crippen molar-refractivity contribution >= 4 is 39.6 Å². The van der Waals surface area contributed by atoms with E-state index < -0.39 is 18.0 Å². The van der Waals surface area contributed by atoms with Crippen LogP contribution in [0.5, 0.6) is 0 Å². The van der Waals surface area contributed by atoms with Gasteiger partial charge in [-0.05, 0) is 31.2 Å². The zero-order chi connectivity index (χ0) is 21.3. The van der Waals surface area contributed by atoms with Crippen LogP contribution in [0, 0.1) is 0 Å². The molecule has 0 aliphatic heterocycles. The molecule has 0 bridgehead atoms.